The van der Waals surface area contributed by atoms with Gasteiger partial charge < -0.3 is 23.8 Å². The van der Waals surface area contributed by atoms with Crippen LogP contribution in [0.3, 0.4) is 0 Å². The van der Waals surface area contributed by atoms with Crippen molar-refractivity contribution in [3.63, 3.8) is 0 Å². The van der Waals surface area contributed by atoms with Crippen LogP contribution in [-0.2, 0) is 4.79 Å². The van der Waals surface area contributed by atoms with E-state index < -0.39 is 0 Å². The number of carbonyl (C=O) groups excluding carboxylic acids is 1. The number of pyridine rings is 1. The van der Waals surface area contributed by atoms with Crippen LogP contribution in [0.2, 0.25) is 0 Å². The lowest BCUT2D eigenvalue weighted by Crippen LogP contribution is -2.50. The number of benzene rings is 1. The maximum Gasteiger partial charge on any atom is 0.260 e. The van der Waals surface area contributed by atoms with E-state index in [4.69, 9.17) is 14.0 Å². The van der Waals surface area contributed by atoms with Gasteiger partial charge in [-0.25, -0.2) is 4.98 Å². The van der Waals surface area contributed by atoms with Crippen LogP contribution in [0.1, 0.15) is 37.5 Å². The van der Waals surface area contributed by atoms with Crippen molar-refractivity contribution in [1.29, 1.82) is 0 Å². The van der Waals surface area contributed by atoms with Gasteiger partial charge in [0, 0.05) is 43.9 Å². The molecule has 1 aliphatic carbocycles. The summed E-state index contributed by atoms with van der Waals surface area (Å²) in [7, 11) is 1.58. The van der Waals surface area contributed by atoms with E-state index in [1.165, 1.54) is 12.8 Å². The molecule has 1 saturated heterocycles. The Kier molecular flexibility index (Phi) is 6.60. The molecular formula is C25H29N5O4. The molecule has 2 aliphatic rings. The van der Waals surface area contributed by atoms with Gasteiger partial charge in [-0.1, -0.05) is 30.1 Å². The van der Waals surface area contributed by atoms with Crippen LogP contribution in [-0.4, -0.2) is 65.8 Å². The van der Waals surface area contributed by atoms with Crippen molar-refractivity contribution in [1.82, 2.24) is 20.0 Å². The van der Waals surface area contributed by atoms with E-state index in [-0.39, 0.29) is 12.5 Å². The Labute approximate surface area is 198 Å². The number of methoxy groups -OCH3 is 1. The molecule has 3 heterocycles. The summed E-state index contributed by atoms with van der Waals surface area (Å²) >= 11 is 0. The average molecular weight is 464 g/mol. The van der Waals surface area contributed by atoms with Crippen molar-refractivity contribution < 1.29 is 18.8 Å². The molecule has 0 atom stereocenters. The summed E-state index contributed by atoms with van der Waals surface area (Å²) in [5.74, 6) is 3.75. The van der Waals surface area contributed by atoms with Gasteiger partial charge in [0.15, 0.2) is 18.1 Å². The number of hydrogen-bond donors (Lipinski definition) is 0. The fourth-order valence-electron chi connectivity index (χ4n) is 4.55. The van der Waals surface area contributed by atoms with Crippen LogP contribution >= 0.6 is 0 Å². The van der Waals surface area contributed by atoms with E-state index in [1.807, 2.05) is 35.2 Å². The first kappa shape index (κ1) is 22.2. The number of nitrogens with zero attached hydrogens (tertiary/aromatic N) is 5. The number of carbonyl (C=O) groups is 1. The van der Waals surface area contributed by atoms with E-state index in [0.717, 1.165) is 30.1 Å². The van der Waals surface area contributed by atoms with Crippen molar-refractivity contribution in [3.8, 4) is 22.9 Å². The van der Waals surface area contributed by atoms with Crippen LogP contribution < -0.4 is 14.4 Å². The van der Waals surface area contributed by atoms with E-state index in [2.05, 4.69) is 20.0 Å². The van der Waals surface area contributed by atoms with Crippen LogP contribution in [0, 0.1) is 0 Å². The lowest BCUT2D eigenvalue weighted by molar-refractivity contribution is -0.133. The molecule has 1 aromatic carbocycles. The zero-order valence-corrected chi connectivity index (χ0v) is 19.4. The molecule has 0 unspecified atom stereocenters. The summed E-state index contributed by atoms with van der Waals surface area (Å²) in [6.07, 6.45) is 6.50. The Morgan fingerprint density at radius 2 is 1.82 bits per heavy atom. The van der Waals surface area contributed by atoms with Gasteiger partial charge in [0.05, 0.1) is 7.11 Å². The third-order valence-electron chi connectivity index (χ3n) is 6.53. The average Bonchev–Trinajstić information content (AvgIpc) is 3.60. The smallest absolute Gasteiger partial charge is 0.260 e. The van der Waals surface area contributed by atoms with Crippen LogP contribution in [0.5, 0.6) is 11.5 Å². The van der Waals surface area contributed by atoms with Crippen molar-refractivity contribution in [2.75, 3.05) is 44.8 Å². The molecule has 2 fully saturated rings. The molecule has 0 bridgehead atoms. The lowest BCUT2D eigenvalue weighted by Gasteiger charge is -2.35. The molecule has 9 nitrogen and oxygen atoms in total. The summed E-state index contributed by atoms with van der Waals surface area (Å²) in [6.45, 7) is 2.64. The Balaban J connectivity index is 1.13. The lowest BCUT2D eigenvalue weighted by atomic mass is 10.1. The van der Waals surface area contributed by atoms with E-state index >= 15 is 0 Å². The molecule has 178 valence electrons. The standard InChI is InChI=1S/C25H29N5O4/c1-32-20-8-4-5-9-21(20)33-17-23(31)30-14-12-29(13-15-30)22-11-10-19(16-26-22)24-27-25(34-28-24)18-6-2-3-7-18/h4-5,8-11,16,18H,2-3,6-7,12-15,17H2,1H3. The molecule has 2 aromatic heterocycles. The Hall–Kier alpha value is -3.62. The second kappa shape index (κ2) is 10.1. The minimum atomic E-state index is -0.0379. The van der Waals surface area contributed by atoms with Crippen LogP contribution in [0.15, 0.2) is 47.1 Å². The summed E-state index contributed by atoms with van der Waals surface area (Å²) in [6, 6.07) is 11.3. The Morgan fingerprint density at radius 3 is 2.53 bits per heavy atom. The number of para-hydroxylation sites is 2. The van der Waals surface area contributed by atoms with Gasteiger partial charge in [-0.3, -0.25) is 4.79 Å². The molecule has 1 aliphatic heterocycles. The summed E-state index contributed by atoms with van der Waals surface area (Å²) in [5, 5.41) is 4.15. The van der Waals surface area contributed by atoms with E-state index in [1.54, 1.807) is 19.4 Å². The minimum Gasteiger partial charge on any atom is -0.493 e. The second-order valence-electron chi connectivity index (χ2n) is 8.65. The first-order chi connectivity index (χ1) is 16.7. The number of rotatable bonds is 7. The zero-order chi connectivity index (χ0) is 23.3. The van der Waals surface area contributed by atoms with Gasteiger partial charge in [0.25, 0.3) is 5.91 Å². The third kappa shape index (κ3) is 4.83. The number of hydrogen-bond acceptors (Lipinski definition) is 8. The molecule has 0 radical (unpaired) electrons. The molecule has 1 saturated carbocycles. The summed E-state index contributed by atoms with van der Waals surface area (Å²) < 4.78 is 16.4. The third-order valence-corrected chi connectivity index (χ3v) is 6.53. The fourth-order valence-corrected chi connectivity index (χ4v) is 4.55. The normalized spacial score (nSPS) is 16.6. The van der Waals surface area contributed by atoms with Crippen molar-refractivity contribution >= 4 is 11.7 Å². The first-order valence-corrected chi connectivity index (χ1v) is 11.8. The predicted octanol–water partition coefficient (Wildman–Crippen LogP) is 3.53. The maximum atomic E-state index is 12.6. The van der Waals surface area contributed by atoms with Crippen molar-refractivity contribution in [3.05, 3.63) is 48.5 Å². The molecule has 5 rings (SSSR count). The Bertz CT molecular complexity index is 1100. The number of aromatic nitrogens is 3. The van der Waals surface area contributed by atoms with Gasteiger partial charge in [0.1, 0.15) is 5.82 Å². The van der Waals surface area contributed by atoms with Gasteiger partial charge in [-0.15, -0.1) is 0 Å². The maximum absolute atomic E-state index is 12.6. The molecule has 1 amide bonds. The SMILES string of the molecule is COc1ccccc1OCC(=O)N1CCN(c2ccc(-c3noc(C4CCCC4)n3)cn2)CC1. The highest BCUT2D eigenvalue weighted by Crippen LogP contribution is 2.34. The van der Waals surface area contributed by atoms with Crippen molar-refractivity contribution in [2.45, 2.75) is 31.6 Å². The predicted molar refractivity (Wildman–Crippen MR) is 126 cm³/mol. The largest absolute Gasteiger partial charge is 0.493 e. The van der Waals surface area contributed by atoms with Gasteiger partial charge >= 0.3 is 0 Å². The highest BCUT2D eigenvalue weighted by Gasteiger charge is 2.24. The van der Waals surface area contributed by atoms with Crippen molar-refractivity contribution in [2.24, 2.45) is 0 Å². The molecule has 0 N–H and O–H groups in total. The molecule has 9 heteroatoms. The molecule has 0 spiro atoms. The molecule has 34 heavy (non-hydrogen) atoms. The topological polar surface area (TPSA) is 93.8 Å². The highest BCUT2D eigenvalue weighted by molar-refractivity contribution is 5.78. The van der Waals surface area contributed by atoms with E-state index in [9.17, 15) is 4.79 Å². The summed E-state index contributed by atoms with van der Waals surface area (Å²) in [4.78, 5) is 25.8. The molecule has 3 aromatic rings. The van der Waals surface area contributed by atoms with Gasteiger partial charge in [0.2, 0.25) is 11.7 Å². The quantitative estimate of drug-likeness (QED) is 0.525. The highest BCUT2D eigenvalue weighted by atomic mass is 16.5. The minimum absolute atomic E-state index is 0.0130. The molecular weight excluding hydrogens is 434 g/mol. The van der Waals surface area contributed by atoms with Crippen LogP contribution in [0.25, 0.3) is 11.4 Å². The van der Waals surface area contributed by atoms with Gasteiger partial charge in [-0.05, 0) is 37.1 Å². The van der Waals surface area contributed by atoms with Gasteiger partial charge in [-0.2, -0.15) is 4.98 Å². The Morgan fingerprint density at radius 1 is 1.06 bits per heavy atom. The number of piperazine rings is 1. The first-order valence-electron chi connectivity index (χ1n) is 11.8. The number of amides is 1. The second-order valence-corrected chi connectivity index (χ2v) is 8.65. The monoisotopic (exact) mass is 463 g/mol. The number of ether oxygens (including phenoxy) is 2. The number of anilines is 1. The fraction of sp³-hybridized carbons (Fsp3) is 0.440. The van der Waals surface area contributed by atoms with E-state index in [0.29, 0.717) is 49.4 Å². The summed E-state index contributed by atoms with van der Waals surface area (Å²) in [5.41, 5.74) is 0.846. The zero-order valence-electron chi connectivity index (χ0n) is 19.4. The van der Waals surface area contributed by atoms with Crippen LogP contribution in [0.4, 0.5) is 5.82 Å².